The number of carbonyl (C=O) groups excluding carboxylic acids is 3. The summed E-state index contributed by atoms with van der Waals surface area (Å²) in [5.41, 5.74) is 6.50. The van der Waals surface area contributed by atoms with Gasteiger partial charge in [0.05, 0.1) is 12.4 Å². The number of carbonyl (C=O) groups is 4. The third kappa shape index (κ3) is 9.21. The number of amides is 3. The number of nitrogens with one attached hydrogen (secondary N) is 4. The first-order valence-electron chi connectivity index (χ1n) is 11.2. The van der Waals surface area contributed by atoms with Gasteiger partial charge in [0.15, 0.2) is 0 Å². The number of carboxylic acids is 1. The molecule has 0 spiro atoms. The minimum absolute atomic E-state index is 0.0653. The summed E-state index contributed by atoms with van der Waals surface area (Å²) in [6, 6.07) is -3.88. The van der Waals surface area contributed by atoms with E-state index in [1.54, 1.807) is 27.7 Å². The van der Waals surface area contributed by atoms with E-state index in [0.717, 1.165) is 0 Å². The van der Waals surface area contributed by atoms with Gasteiger partial charge in [-0.3, -0.25) is 14.4 Å². The third-order valence-electron chi connectivity index (χ3n) is 5.20. The van der Waals surface area contributed by atoms with Crippen LogP contribution in [0.4, 0.5) is 0 Å². The molecule has 0 bridgehead atoms. The minimum atomic E-state index is -1.17. The number of rotatable bonds is 13. The lowest BCUT2D eigenvalue weighted by Gasteiger charge is -2.27. The summed E-state index contributed by atoms with van der Waals surface area (Å²) < 4.78 is 0. The molecule has 0 saturated heterocycles. The van der Waals surface area contributed by atoms with Crippen molar-refractivity contribution >= 4 is 23.7 Å². The molecule has 11 nitrogen and oxygen atoms in total. The van der Waals surface area contributed by atoms with E-state index in [9.17, 15) is 24.3 Å². The molecule has 0 aliphatic rings. The van der Waals surface area contributed by atoms with Gasteiger partial charge >= 0.3 is 5.97 Å². The number of aromatic nitrogens is 2. The number of hydrogen-bond acceptors (Lipinski definition) is 6. The number of H-pyrrole nitrogens is 1. The van der Waals surface area contributed by atoms with Crippen molar-refractivity contribution in [3.05, 3.63) is 18.2 Å². The zero-order valence-corrected chi connectivity index (χ0v) is 20.2. The van der Waals surface area contributed by atoms with Crippen molar-refractivity contribution in [2.24, 2.45) is 23.5 Å². The fourth-order valence-electron chi connectivity index (χ4n) is 3.14. The summed E-state index contributed by atoms with van der Waals surface area (Å²) in [7, 11) is 0. The maximum atomic E-state index is 13.1. The molecule has 1 aromatic rings. The molecule has 0 aromatic carbocycles. The fourth-order valence-corrected chi connectivity index (χ4v) is 3.14. The number of aromatic amines is 1. The van der Waals surface area contributed by atoms with Crippen LogP contribution >= 0.6 is 0 Å². The van der Waals surface area contributed by atoms with Crippen LogP contribution in [-0.2, 0) is 25.6 Å². The first-order chi connectivity index (χ1) is 15.3. The van der Waals surface area contributed by atoms with Gasteiger partial charge < -0.3 is 31.8 Å². The number of nitrogens with two attached hydrogens (primary N) is 1. The predicted molar refractivity (Wildman–Crippen MR) is 123 cm³/mol. The normalized spacial score (nSPS) is 15.1. The molecule has 0 saturated carbocycles. The highest BCUT2D eigenvalue weighted by Crippen LogP contribution is 2.09. The van der Waals surface area contributed by atoms with Crippen molar-refractivity contribution in [2.75, 3.05) is 0 Å². The predicted octanol–water partition coefficient (Wildman–Crippen LogP) is 0.177. The van der Waals surface area contributed by atoms with Crippen molar-refractivity contribution in [2.45, 2.75) is 78.6 Å². The van der Waals surface area contributed by atoms with Gasteiger partial charge in [-0.15, -0.1) is 0 Å². The van der Waals surface area contributed by atoms with Crippen LogP contribution < -0.4 is 21.7 Å². The fraction of sp³-hybridized carbons (Fsp3) is 0.682. The van der Waals surface area contributed by atoms with Gasteiger partial charge in [-0.25, -0.2) is 9.78 Å². The summed E-state index contributed by atoms with van der Waals surface area (Å²) in [4.78, 5) is 56.9. The topological polar surface area (TPSA) is 179 Å². The van der Waals surface area contributed by atoms with Gasteiger partial charge in [0.2, 0.25) is 17.7 Å². The molecule has 11 heteroatoms. The molecule has 0 radical (unpaired) electrons. The highest BCUT2D eigenvalue weighted by molar-refractivity contribution is 5.94. The Bertz CT molecular complexity index is 793. The number of hydrogen-bond donors (Lipinski definition) is 6. The Balaban J connectivity index is 3.07. The van der Waals surface area contributed by atoms with E-state index in [2.05, 4.69) is 25.9 Å². The Morgan fingerprint density at radius 3 is 1.97 bits per heavy atom. The Labute approximate surface area is 194 Å². The highest BCUT2D eigenvalue weighted by atomic mass is 16.4. The Morgan fingerprint density at radius 2 is 1.52 bits per heavy atom. The van der Waals surface area contributed by atoms with Crippen LogP contribution in [0.25, 0.3) is 0 Å². The van der Waals surface area contributed by atoms with Crippen LogP contribution in [0.2, 0.25) is 0 Å². The van der Waals surface area contributed by atoms with Crippen LogP contribution in [0.1, 0.15) is 53.7 Å². The van der Waals surface area contributed by atoms with E-state index in [-0.39, 0.29) is 24.2 Å². The lowest BCUT2D eigenvalue weighted by Crippen LogP contribution is -2.58. The van der Waals surface area contributed by atoms with Crippen molar-refractivity contribution in [1.82, 2.24) is 25.9 Å². The van der Waals surface area contributed by atoms with Crippen LogP contribution in [0, 0.1) is 17.8 Å². The van der Waals surface area contributed by atoms with Gasteiger partial charge in [0.25, 0.3) is 0 Å². The van der Waals surface area contributed by atoms with Crippen molar-refractivity contribution in [3.8, 4) is 0 Å². The summed E-state index contributed by atoms with van der Waals surface area (Å²) >= 11 is 0. The summed E-state index contributed by atoms with van der Waals surface area (Å²) in [6.07, 6.45) is 3.36. The lowest BCUT2D eigenvalue weighted by atomic mass is 9.99. The Morgan fingerprint density at radius 1 is 0.939 bits per heavy atom. The third-order valence-corrected chi connectivity index (χ3v) is 5.20. The van der Waals surface area contributed by atoms with E-state index < -0.39 is 47.9 Å². The second kappa shape index (κ2) is 12.9. The second-order valence-electron chi connectivity index (χ2n) is 9.37. The lowest BCUT2D eigenvalue weighted by molar-refractivity contribution is -0.143. The van der Waals surface area contributed by atoms with E-state index >= 15 is 0 Å². The molecule has 0 aliphatic carbocycles. The molecule has 0 fully saturated rings. The van der Waals surface area contributed by atoms with Gasteiger partial charge in [-0.2, -0.15) is 0 Å². The van der Waals surface area contributed by atoms with E-state index in [1.807, 2.05) is 13.8 Å². The van der Waals surface area contributed by atoms with Gasteiger partial charge in [0, 0.05) is 18.3 Å². The average Bonchev–Trinajstić information content (AvgIpc) is 3.22. The van der Waals surface area contributed by atoms with E-state index in [1.165, 1.54) is 12.5 Å². The number of imidazole rings is 1. The summed E-state index contributed by atoms with van der Waals surface area (Å²) in [5, 5.41) is 17.3. The van der Waals surface area contributed by atoms with Crippen LogP contribution in [0.5, 0.6) is 0 Å². The molecule has 4 atom stereocenters. The molecule has 1 rings (SSSR count). The van der Waals surface area contributed by atoms with Crippen molar-refractivity contribution in [1.29, 1.82) is 0 Å². The second-order valence-corrected chi connectivity index (χ2v) is 9.37. The summed E-state index contributed by atoms with van der Waals surface area (Å²) in [5.74, 6) is -3.22. The first-order valence-corrected chi connectivity index (χ1v) is 11.2. The van der Waals surface area contributed by atoms with Crippen LogP contribution in [0.15, 0.2) is 12.5 Å². The molecule has 3 amide bonds. The number of nitrogens with zero attached hydrogens (tertiary/aromatic N) is 1. The van der Waals surface area contributed by atoms with E-state index in [0.29, 0.717) is 12.1 Å². The van der Waals surface area contributed by atoms with Gasteiger partial charge in [-0.05, 0) is 24.2 Å². The van der Waals surface area contributed by atoms with Crippen LogP contribution in [0.3, 0.4) is 0 Å². The highest BCUT2D eigenvalue weighted by Gasteiger charge is 2.32. The average molecular weight is 467 g/mol. The van der Waals surface area contributed by atoms with E-state index in [4.69, 9.17) is 5.73 Å². The van der Waals surface area contributed by atoms with Crippen molar-refractivity contribution < 1.29 is 24.3 Å². The van der Waals surface area contributed by atoms with Crippen LogP contribution in [-0.4, -0.2) is 62.9 Å². The SMILES string of the molecule is CC(C)CC(NC(=O)C(N)C(C)C)C(=O)NC(Cc1cnc[nH]1)C(=O)NC(C(=O)O)C(C)C. The Kier molecular flexibility index (Phi) is 11.0. The molecular formula is C22H38N6O5. The summed E-state index contributed by atoms with van der Waals surface area (Å²) in [6.45, 7) is 10.8. The maximum Gasteiger partial charge on any atom is 0.326 e. The molecule has 1 aromatic heterocycles. The zero-order valence-electron chi connectivity index (χ0n) is 20.2. The molecular weight excluding hydrogens is 428 g/mol. The monoisotopic (exact) mass is 466 g/mol. The molecule has 1 heterocycles. The molecule has 0 aliphatic heterocycles. The molecule has 33 heavy (non-hydrogen) atoms. The maximum absolute atomic E-state index is 13.1. The number of aliphatic carboxylic acids is 1. The molecule has 7 N–H and O–H groups in total. The van der Waals surface area contributed by atoms with Gasteiger partial charge in [0.1, 0.15) is 18.1 Å². The first kappa shape index (κ1) is 28.1. The largest absolute Gasteiger partial charge is 0.480 e. The minimum Gasteiger partial charge on any atom is -0.480 e. The quantitative estimate of drug-likeness (QED) is 0.240. The van der Waals surface area contributed by atoms with Gasteiger partial charge in [-0.1, -0.05) is 41.5 Å². The molecule has 186 valence electrons. The molecule has 4 unspecified atom stereocenters. The smallest absolute Gasteiger partial charge is 0.326 e. The zero-order chi connectivity index (χ0) is 25.3. The van der Waals surface area contributed by atoms with Crippen molar-refractivity contribution in [3.63, 3.8) is 0 Å². The standard InChI is InChI=1S/C22H38N6O5/c1-11(2)7-15(27-21(31)17(23)12(3)4)19(29)26-16(8-14-9-24-10-25-14)20(30)28-18(13(5)6)22(32)33/h9-13,15-18H,7-8,23H2,1-6H3,(H,24,25)(H,26,29)(H,27,31)(H,28,30)(H,32,33). The Hall–Kier alpha value is -2.95. The number of carboxylic acid groups (broad SMARTS) is 1.